The van der Waals surface area contributed by atoms with Crippen LogP contribution in [0.3, 0.4) is 0 Å². The Morgan fingerprint density at radius 1 is 0.885 bits per heavy atom. The Labute approximate surface area is 153 Å². The van der Waals surface area contributed by atoms with Gasteiger partial charge in [0, 0.05) is 45.1 Å². The lowest BCUT2D eigenvalue weighted by Crippen LogP contribution is -2.48. The van der Waals surface area contributed by atoms with E-state index in [1.165, 1.54) is 4.90 Å². The molecular formula is C19H25N5O2. The molecule has 2 amide bonds. The summed E-state index contributed by atoms with van der Waals surface area (Å²) in [5.41, 5.74) is 0. The van der Waals surface area contributed by atoms with Gasteiger partial charge in [-0.15, -0.1) is 0 Å². The fourth-order valence-electron chi connectivity index (χ4n) is 4.03. The van der Waals surface area contributed by atoms with E-state index < -0.39 is 0 Å². The third-order valence-electron chi connectivity index (χ3n) is 5.56. The molecular weight excluding hydrogens is 330 g/mol. The molecule has 0 spiro atoms. The molecule has 3 heterocycles. The first kappa shape index (κ1) is 17.1. The second kappa shape index (κ2) is 7.53. The first-order chi connectivity index (χ1) is 12.7. The van der Waals surface area contributed by atoms with Gasteiger partial charge in [-0.1, -0.05) is 12.2 Å². The molecule has 0 saturated carbocycles. The van der Waals surface area contributed by atoms with E-state index in [0.29, 0.717) is 13.0 Å². The van der Waals surface area contributed by atoms with Crippen LogP contribution in [0.2, 0.25) is 0 Å². The lowest BCUT2D eigenvalue weighted by atomic mass is 9.95. The van der Waals surface area contributed by atoms with Crippen molar-refractivity contribution in [1.82, 2.24) is 19.8 Å². The van der Waals surface area contributed by atoms with Gasteiger partial charge < -0.3 is 4.90 Å². The van der Waals surface area contributed by atoms with Crippen LogP contribution in [0.25, 0.3) is 0 Å². The quantitative estimate of drug-likeness (QED) is 0.430. The minimum absolute atomic E-state index is 0.00326. The van der Waals surface area contributed by atoms with Crippen molar-refractivity contribution >= 4 is 17.8 Å². The third kappa shape index (κ3) is 3.49. The molecule has 1 aliphatic carbocycles. The van der Waals surface area contributed by atoms with Gasteiger partial charge in [0.15, 0.2) is 0 Å². The third-order valence-corrected chi connectivity index (χ3v) is 5.56. The highest BCUT2D eigenvalue weighted by Crippen LogP contribution is 2.32. The molecule has 3 aliphatic rings. The average molecular weight is 355 g/mol. The predicted octanol–water partition coefficient (Wildman–Crippen LogP) is 0.940. The molecule has 1 aromatic heterocycles. The van der Waals surface area contributed by atoms with Crippen LogP contribution in [0.5, 0.6) is 0 Å². The van der Waals surface area contributed by atoms with Crippen molar-refractivity contribution in [2.75, 3.05) is 44.2 Å². The van der Waals surface area contributed by atoms with Crippen LogP contribution in [0.4, 0.5) is 5.95 Å². The highest BCUT2D eigenvalue weighted by molar-refractivity contribution is 6.02. The van der Waals surface area contributed by atoms with Gasteiger partial charge in [0.25, 0.3) is 0 Å². The fraction of sp³-hybridized carbons (Fsp3) is 0.579. The van der Waals surface area contributed by atoms with E-state index in [1.807, 2.05) is 18.2 Å². The normalized spacial score (nSPS) is 26.0. The Kier molecular flexibility index (Phi) is 4.97. The Balaban J connectivity index is 1.17. The Morgan fingerprint density at radius 2 is 1.50 bits per heavy atom. The molecule has 2 unspecified atom stereocenters. The van der Waals surface area contributed by atoms with Gasteiger partial charge in [-0.3, -0.25) is 19.4 Å². The number of unbranched alkanes of at least 4 members (excludes halogenated alkanes) is 1. The number of piperazine rings is 1. The summed E-state index contributed by atoms with van der Waals surface area (Å²) in [6.45, 7) is 5.42. The number of hydrogen-bond donors (Lipinski definition) is 0. The van der Waals surface area contributed by atoms with Crippen LogP contribution in [-0.4, -0.2) is 70.9 Å². The van der Waals surface area contributed by atoms with Crippen LogP contribution >= 0.6 is 0 Å². The van der Waals surface area contributed by atoms with Gasteiger partial charge in [0.1, 0.15) is 0 Å². The minimum Gasteiger partial charge on any atom is -0.338 e. The fourth-order valence-corrected chi connectivity index (χ4v) is 4.03. The zero-order valence-corrected chi connectivity index (χ0v) is 15.0. The maximum absolute atomic E-state index is 12.3. The van der Waals surface area contributed by atoms with Crippen molar-refractivity contribution in [3.8, 4) is 0 Å². The summed E-state index contributed by atoms with van der Waals surface area (Å²) in [5, 5.41) is 0. The summed E-state index contributed by atoms with van der Waals surface area (Å²) in [6.07, 6.45) is 9.92. The number of carbonyl (C=O) groups excluding carboxylic acids is 2. The van der Waals surface area contributed by atoms with E-state index >= 15 is 0 Å². The number of hydrogen-bond acceptors (Lipinski definition) is 6. The maximum atomic E-state index is 12.3. The number of nitrogens with zero attached hydrogens (tertiary/aromatic N) is 5. The second-order valence-electron chi connectivity index (χ2n) is 7.25. The number of anilines is 1. The number of piperidine rings is 1. The van der Waals surface area contributed by atoms with Gasteiger partial charge in [-0.05, 0) is 31.9 Å². The van der Waals surface area contributed by atoms with Crippen LogP contribution < -0.4 is 4.90 Å². The lowest BCUT2D eigenvalue weighted by Gasteiger charge is -2.35. The predicted molar refractivity (Wildman–Crippen MR) is 97.4 cm³/mol. The van der Waals surface area contributed by atoms with Crippen LogP contribution in [0.1, 0.15) is 19.3 Å². The first-order valence-electron chi connectivity index (χ1n) is 9.50. The van der Waals surface area contributed by atoms with E-state index in [1.54, 1.807) is 12.4 Å². The van der Waals surface area contributed by atoms with Crippen molar-refractivity contribution < 1.29 is 9.59 Å². The molecule has 2 saturated heterocycles. The number of rotatable bonds is 6. The zero-order valence-electron chi connectivity index (χ0n) is 15.0. The number of carbonyl (C=O) groups is 2. The first-order valence-corrected chi connectivity index (χ1v) is 9.50. The summed E-state index contributed by atoms with van der Waals surface area (Å²) >= 11 is 0. The summed E-state index contributed by atoms with van der Waals surface area (Å²) in [7, 11) is 0. The van der Waals surface area contributed by atoms with E-state index in [0.717, 1.165) is 51.5 Å². The molecule has 0 N–H and O–H groups in total. The molecule has 138 valence electrons. The number of amides is 2. The molecule has 7 heteroatoms. The molecule has 2 fully saturated rings. The molecule has 0 radical (unpaired) electrons. The lowest BCUT2D eigenvalue weighted by molar-refractivity contribution is -0.152. The van der Waals surface area contributed by atoms with Crippen molar-refractivity contribution in [3.05, 3.63) is 30.6 Å². The number of likely N-dealkylation sites (tertiary alicyclic amines) is 1. The standard InChI is InChI=1S/C19H25N5O2/c25-17-15-4-5-16(14-15)18(26)24(17)9-2-1-8-22-10-12-23(13-11-22)19-20-6-3-7-21-19/h3-7,15-16H,1-2,8-14H2. The van der Waals surface area contributed by atoms with Crippen molar-refractivity contribution in [2.24, 2.45) is 11.8 Å². The molecule has 0 aromatic carbocycles. The SMILES string of the molecule is O=C1C2C=CC(C2)C(=O)N1CCCCN1CCN(c2ncccn2)CC1. The van der Waals surface area contributed by atoms with Crippen molar-refractivity contribution in [3.63, 3.8) is 0 Å². The van der Waals surface area contributed by atoms with Crippen molar-refractivity contribution in [2.45, 2.75) is 19.3 Å². The van der Waals surface area contributed by atoms with Crippen LogP contribution in [-0.2, 0) is 9.59 Å². The number of aromatic nitrogens is 2. The second-order valence-corrected chi connectivity index (χ2v) is 7.25. The monoisotopic (exact) mass is 355 g/mol. The summed E-state index contributed by atoms with van der Waals surface area (Å²) < 4.78 is 0. The highest BCUT2D eigenvalue weighted by Gasteiger charge is 2.41. The van der Waals surface area contributed by atoms with Gasteiger partial charge in [-0.2, -0.15) is 0 Å². The molecule has 26 heavy (non-hydrogen) atoms. The van der Waals surface area contributed by atoms with Crippen molar-refractivity contribution in [1.29, 1.82) is 0 Å². The summed E-state index contributed by atoms with van der Waals surface area (Å²) in [5.74, 6) is 0.669. The summed E-state index contributed by atoms with van der Waals surface area (Å²) in [4.78, 5) is 39.3. The molecule has 2 bridgehead atoms. The molecule has 1 aromatic rings. The molecule has 4 rings (SSSR count). The number of imide groups is 1. The zero-order chi connectivity index (χ0) is 17.9. The Morgan fingerprint density at radius 3 is 2.15 bits per heavy atom. The van der Waals surface area contributed by atoms with Gasteiger partial charge in [0.05, 0.1) is 11.8 Å². The molecule has 2 aliphatic heterocycles. The van der Waals surface area contributed by atoms with Gasteiger partial charge >= 0.3 is 0 Å². The van der Waals surface area contributed by atoms with Crippen LogP contribution in [0, 0.1) is 11.8 Å². The number of fused-ring (bicyclic) bond motifs is 2. The van der Waals surface area contributed by atoms with Gasteiger partial charge in [0.2, 0.25) is 17.8 Å². The largest absolute Gasteiger partial charge is 0.338 e. The topological polar surface area (TPSA) is 69.6 Å². The van der Waals surface area contributed by atoms with E-state index in [-0.39, 0.29) is 23.7 Å². The highest BCUT2D eigenvalue weighted by atomic mass is 16.2. The maximum Gasteiger partial charge on any atom is 0.236 e. The Hall–Kier alpha value is -2.28. The average Bonchev–Trinajstić information content (AvgIpc) is 3.14. The van der Waals surface area contributed by atoms with E-state index in [9.17, 15) is 9.59 Å². The summed E-state index contributed by atoms with van der Waals surface area (Å²) in [6, 6.07) is 1.83. The Bertz CT molecular complexity index is 660. The van der Waals surface area contributed by atoms with E-state index in [2.05, 4.69) is 19.8 Å². The van der Waals surface area contributed by atoms with Crippen LogP contribution in [0.15, 0.2) is 30.6 Å². The van der Waals surface area contributed by atoms with Gasteiger partial charge in [-0.25, -0.2) is 9.97 Å². The smallest absolute Gasteiger partial charge is 0.236 e. The molecule has 2 atom stereocenters. The minimum atomic E-state index is -0.0639. The van der Waals surface area contributed by atoms with E-state index in [4.69, 9.17) is 0 Å². The molecule has 7 nitrogen and oxygen atoms in total.